The number of aromatic nitrogens is 4. The van der Waals surface area contributed by atoms with E-state index in [0.717, 1.165) is 4.52 Å². The molecule has 0 aromatic carbocycles. The van der Waals surface area contributed by atoms with Gasteiger partial charge in [0.25, 0.3) is 5.82 Å². The van der Waals surface area contributed by atoms with E-state index < -0.39 is 12.0 Å². The van der Waals surface area contributed by atoms with Crippen molar-refractivity contribution in [2.75, 3.05) is 5.73 Å². The Bertz CT molecular complexity index is 474. The average molecular weight is 203 g/mol. The third-order valence-electron chi connectivity index (χ3n) is 1.53. The van der Waals surface area contributed by atoms with Crippen LogP contribution < -0.4 is 5.73 Å². The fraction of sp³-hybridized carbons (Fsp3) is 0.167. The van der Waals surface area contributed by atoms with Gasteiger partial charge in [-0.15, -0.1) is 5.10 Å². The summed E-state index contributed by atoms with van der Waals surface area (Å²) in [5.74, 6) is -1.57. The quantitative estimate of drug-likeness (QED) is 0.685. The summed E-state index contributed by atoms with van der Waals surface area (Å²) in [4.78, 5) is 6.79. The first kappa shape index (κ1) is 8.73. The first-order valence-electron chi connectivity index (χ1n) is 3.52. The van der Waals surface area contributed by atoms with Crippen LogP contribution in [0.2, 0.25) is 0 Å². The summed E-state index contributed by atoms with van der Waals surface area (Å²) in [6, 6.07) is 0. The van der Waals surface area contributed by atoms with Gasteiger partial charge in [-0.2, -0.15) is 13.2 Å². The van der Waals surface area contributed by atoms with Crippen molar-refractivity contribution in [2.45, 2.75) is 6.18 Å². The van der Waals surface area contributed by atoms with E-state index in [1.807, 2.05) is 0 Å². The summed E-state index contributed by atoms with van der Waals surface area (Å²) in [7, 11) is 0. The van der Waals surface area contributed by atoms with Crippen LogP contribution in [0.3, 0.4) is 0 Å². The molecule has 14 heavy (non-hydrogen) atoms. The Kier molecular flexibility index (Phi) is 1.60. The normalized spacial score (nSPS) is 12.2. The summed E-state index contributed by atoms with van der Waals surface area (Å²) in [6.45, 7) is 0. The molecule has 0 fully saturated rings. The SMILES string of the molecule is Nc1nc(C(F)(F)F)nn2ccnc12. The Morgan fingerprint density at radius 3 is 2.71 bits per heavy atom. The Labute approximate surface area is 75.4 Å². The maximum Gasteiger partial charge on any atom is 0.453 e. The fourth-order valence-electron chi connectivity index (χ4n) is 0.970. The molecule has 0 aliphatic carbocycles. The molecular formula is C6H4F3N5. The number of nitrogen functional groups attached to an aromatic ring is 1. The van der Waals surface area contributed by atoms with E-state index in [1.54, 1.807) is 0 Å². The highest BCUT2D eigenvalue weighted by Crippen LogP contribution is 2.26. The van der Waals surface area contributed by atoms with Crippen LogP contribution in [-0.2, 0) is 6.18 Å². The highest BCUT2D eigenvalue weighted by molar-refractivity contribution is 5.58. The number of rotatable bonds is 0. The van der Waals surface area contributed by atoms with E-state index in [1.165, 1.54) is 12.4 Å². The maximum absolute atomic E-state index is 12.2. The molecular weight excluding hydrogens is 199 g/mol. The van der Waals surface area contributed by atoms with Gasteiger partial charge in [0.1, 0.15) is 0 Å². The zero-order chi connectivity index (χ0) is 10.3. The molecule has 2 aromatic heterocycles. The lowest BCUT2D eigenvalue weighted by Gasteiger charge is -2.05. The van der Waals surface area contributed by atoms with Crippen molar-refractivity contribution in [1.82, 2.24) is 19.6 Å². The molecule has 0 spiro atoms. The van der Waals surface area contributed by atoms with Crippen molar-refractivity contribution < 1.29 is 13.2 Å². The summed E-state index contributed by atoms with van der Waals surface area (Å²) in [6.07, 6.45) is -2.05. The monoisotopic (exact) mass is 203 g/mol. The molecule has 0 bridgehead atoms. The van der Waals surface area contributed by atoms with E-state index >= 15 is 0 Å². The van der Waals surface area contributed by atoms with Gasteiger partial charge in [0.2, 0.25) is 0 Å². The second-order valence-electron chi connectivity index (χ2n) is 2.51. The van der Waals surface area contributed by atoms with Gasteiger partial charge in [-0.05, 0) is 0 Å². The molecule has 0 radical (unpaired) electrons. The fourth-order valence-corrected chi connectivity index (χ4v) is 0.970. The lowest BCUT2D eigenvalue weighted by atomic mass is 10.5. The van der Waals surface area contributed by atoms with Gasteiger partial charge < -0.3 is 5.73 Å². The van der Waals surface area contributed by atoms with Gasteiger partial charge in [-0.3, -0.25) is 0 Å². The molecule has 74 valence electrons. The van der Waals surface area contributed by atoms with Crippen molar-refractivity contribution in [2.24, 2.45) is 0 Å². The number of hydrogen-bond donors (Lipinski definition) is 1. The molecule has 0 aliphatic heterocycles. The number of hydrogen-bond acceptors (Lipinski definition) is 4. The molecule has 0 amide bonds. The Hall–Kier alpha value is -1.86. The number of nitrogens with two attached hydrogens (primary N) is 1. The van der Waals surface area contributed by atoms with E-state index in [-0.39, 0.29) is 11.5 Å². The van der Waals surface area contributed by atoms with E-state index in [9.17, 15) is 13.2 Å². The standard InChI is InChI=1S/C6H4F3N5/c7-6(8,9)5-12-3(10)4-11-1-2-14(4)13-5/h1-2H,(H2,10,12,13). The molecule has 8 heteroatoms. The van der Waals surface area contributed by atoms with Gasteiger partial charge in [0.05, 0.1) is 0 Å². The number of halogens is 3. The van der Waals surface area contributed by atoms with Crippen LogP contribution in [0.15, 0.2) is 12.4 Å². The predicted octanol–water partition coefficient (Wildman–Crippen LogP) is 0.725. The molecule has 0 unspecified atom stereocenters. The molecule has 2 rings (SSSR count). The van der Waals surface area contributed by atoms with E-state index in [4.69, 9.17) is 5.73 Å². The third kappa shape index (κ3) is 1.24. The smallest absolute Gasteiger partial charge is 0.380 e. The summed E-state index contributed by atoms with van der Waals surface area (Å²) >= 11 is 0. The Morgan fingerprint density at radius 1 is 1.36 bits per heavy atom. The van der Waals surface area contributed by atoms with Crippen LogP contribution >= 0.6 is 0 Å². The second-order valence-corrected chi connectivity index (χ2v) is 2.51. The van der Waals surface area contributed by atoms with E-state index in [2.05, 4.69) is 15.1 Å². The molecule has 2 aromatic rings. The van der Waals surface area contributed by atoms with Crippen molar-refractivity contribution in [1.29, 1.82) is 0 Å². The average Bonchev–Trinajstić information content (AvgIpc) is 2.50. The molecule has 0 aliphatic rings. The maximum atomic E-state index is 12.2. The van der Waals surface area contributed by atoms with Crippen molar-refractivity contribution in [3.8, 4) is 0 Å². The first-order valence-corrected chi connectivity index (χ1v) is 3.52. The highest BCUT2D eigenvalue weighted by Gasteiger charge is 2.35. The summed E-state index contributed by atoms with van der Waals surface area (Å²) in [5, 5.41) is 3.21. The minimum absolute atomic E-state index is 0.109. The molecule has 0 atom stereocenters. The minimum atomic E-state index is -4.60. The summed E-state index contributed by atoms with van der Waals surface area (Å²) in [5.41, 5.74) is 5.37. The van der Waals surface area contributed by atoms with Gasteiger partial charge >= 0.3 is 6.18 Å². The molecule has 2 N–H and O–H groups in total. The number of anilines is 1. The first-order chi connectivity index (χ1) is 6.48. The van der Waals surface area contributed by atoms with Crippen molar-refractivity contribution >= 4 is 11.5 Å². The molecule has 0 saturated carbocycles. The molecule has 0 saturated heterocycles. The minimum Gasteiger partial charge on any atom is -0.380 e. The number of nitrogens with zero attached hydrogens (tertiary/aromatic N) is 4. The third-order valence-corrected chi connectivity index (χ3v) is 1.53. The number of imidazole rings is 1. The van der Waals surface area contributed by atoms with Crippen LogP contribution in [0.25, 0.3) is 5.65 Å². The Balaban J connectivity index is 2.70. The van der Waals surface area contributed by atoms with Crippen molar-refractivity contribution in [3.63, 3.8) is 0 Å². The summed E-state index contributed by atoms with van der Waals surface area (Å²) < 4.78 is 37.5. The van der Waals surface area contributed by atoms with Crippen LogP contribution in [0.4, 0.5) is 19.0 Å². The van der Waals surface area contributed by atoms with Crippen molar-refractivity contribution in [3.05, 3.63) is 18.2 Å². The Morgan fingerprint density at radius 2 is 2.07 bits per heavy atom. The van der Waals surface area contributed by atoms with Crippen LogP contribution in [0, 0.1) is 0 Å². The van der Waals surface area contributed by atoms with Crippen LogP contribution in [0.1, 0.15) is 5.82 Å². The van der Waals surface area contributed by atoms with Gasteiger partial charge in [-0.1, -0.05) is 0 Å². The second kappa shape index (κ2) is 2.56. The van der Waals surface area contributed by atoms with Gasteiger partial charge in [-0.25, -0.2) is 14.5 Å². The lowest BCUT2D eigenvalue weighted by Crippen LogP contribution is -2.15. The van der Waals surface area contributed by atoms with E-state index in [0.29, 0.717) is 0 Å². The van der Waals surface area contributed by atoms with Crippen LogP contribution in [-0.4, -0.2) is 19.6 Å². The number of alkyl halides is 3. The lowest BCUT2D eigenvalue weighted by molar-refractivity contribution is -0.145. The zero-order valence-electron chi connectivity index (χ0n) is 6.65. The molecule has 2 heterocycles. The predicted molar refractivity (Wildman–Crippen MR) is 40.2 cm³/mol. The van der Waals surface area contributed by atoms with Gasteiger partial charge in [0, 0.05) is 12.4 Å². The largest absolute Gasteiger partial charge is 0.453 e. The van der Waals surface area contributed by atoms with Crippen LogP contribution in [0.5, 0.6) is 0 Å². The molecule has 5 nitrogen and oxygen atoms in total. The van der Waals surface area contributed by atoms with Gasteiger partial charge in [0.15, 0.2) is 11.5 Å². The number of fused-ring (bicyclic) bond motifs is 1. The zero-order valence-corrected chi connectivity index (χ0v) is 6.65. The highest BCUT2D eigenvalue weighted by atomic mass is 19.4. The topological polar surface area (TPSA) is 69.1 Å².